The van der Waals surface area contributed by atoms with E-state index in [1.165, 1.54) is 12.4 Å². The number of aromatic nitrogens is 2. The van der Waals surface area contributed by atoms with Crippen molar-refractivity contribution in [3.05, 3.63) is 53.9 Å². The Hall–Kier alpha value is -4.15. The van der Waals surface area contributed by atoms with Gasteiger partial charge in [0.2, 0.25) is 5.96 Å². The molecule has 1 atom stereocenters. The van der Waals surface area contributed by atoms with Gasteiger partial charge >= 0.3 is 6.09 Å². The van der Waals surface area contributed by atoms with Crippen LogP contribution >= 0.6 is 0 Å². The lowest BCUT2D eigenvalue weighted by molar-refractivity contribution is 0.0559. The molecule has 11 heteroatoms. The minimum atomic E-state index is -0.940. The van der Waals surface area contributed by atoms with Crippen LogP contribution in [0.2, 0.25) is 0 Å². The smallest absolute Gasteiger partial charge is 0.414 e. The maximum atomic E-state index is 12.9. The second-order valence-electron chi connectivity index (χ2n) is 7.84. The SMILES string of the molecule is CC(/C(N=C(N)NC(=O)OC(C)(C)C)=N\c1ncccn1)N1C(=O)c2ccccc2C1=O. The molecule has 0 saturated heterocycles. The number of hydrogen-bond acceptors (Lipinski definition) is 7. The number of nitrogens with two attached hydrogens (primary N) is 1. The van der Waals surface area contributed by atoms with Gasteiger partial charge in [0.15, 0.2) is 5.84 Å². The number of ether oxygens (including phenoxy) is 1. The number of imide groups is 1. The van der Waals surface area contributed by atoms with Gasteiger partial charge in [0, 0.05) is 12.4 Å². The maximum Gasteiger partial charge on any atom is 0.414 e. The summed E-state index contributed by atoms with van der Waals surface area (Å²) in [5.74, 6) is -1.33. The summed E-state index contributed by atoms with van der Waals surface area (Å²) < 4.78 is 5.15. The second-order valence-corrected chi connectivity index (χ2v) is 7.84. The van der Waals surface area contributed by atoms with Crippen LogP contribution in [0.1, 0.15) is 48.4 Å². The van der Waals surface area contributed by atoms with Gasteiger partial charge in [0.1, 0.15) is 5.60 Å². The van der Waals surface area contributed by atoms with Gasteiger partial charge < -0.3 is 10.5 Å². The van der Waals surface area contributed by atoms with E-state index in [0.717, 1.165) is 4.90 Å². The highest BCUT2D eigenvalue weighted by molar-refractivity contribution is 6.23. The lowest BCUT2D eigenvalue weighted by Crippen LogP contribution is -2.45. The molecule has 11 nitrogen and oxygen atoms in total. The Morgan fingerprint density at radius 3 is 2.19 bits per heavy atom. The fourth-order valence-corrected chi connectivity index (χ4v) is 2.90. The van der Waals surface area contributed by atoms with Crippen molar-refractivity contribution in [2.45, 2.75) is 39.3 Å². The number of guanidine groups is 1. The Labute approximate surface area is 184 Å². The van der Waals surface area contributed by atoms with Gasteiger partial charge in [-0.1, -0.05) is 12.1 Å². The molecule has 3 N–H and O–H groups in total. The Morgan fingerprint density at radius 1 is 1.09 bits per heavy atom. The van der Waals surface area contributed by atoms with Crippen LogP contribution in [0.3, 0.4) is 0 Å². The zero-order valence-electron chi connectivity index (χ0n) is 18.1. The molecule has 2 aromatic rings. The minimum Gasteiger partial charge on any atom is -0.444 e. The molecule has 0 bridgehead atoms. The topological polar surface area (TPSA) is 152 Å². The third kappa shape index (κ3) is 5.12. The number of hydrogen-bond donors (Lipinski definition) is 2. The number of nitrogens with one attached hydrogen (secondary N) is 1. The number of benzene rings is 1. The fraction of sp³-hybridized carbons (Fsp3) is 0.286. The van der Waals surface area contributed by atoms with E-state index in [-0.39, 0.29) is 28.9 Å². The zero-order valence-corrected chi connectivity index (χ0v) is 18.1. The number of fused-ring (bicyclic) bond motifs is 1. The Balaban J connectivity index is 1.94. The van der Waals surface area contributed by atoms with Crippen LogP contribution in [-0.4, -0.2) is 56.2 Å². The maximum absolute atomic E-state index is 12.9. The largest absolute Gasteiger partial charge is 0.444 e. The molecule has 1 aliphatic rings. The van der Waals surface area contributed by atoms with Gasteiger partial charge in [0.25, 0.3) is 17.8 Å². The lowest BCUT2D eigenvalue weighted by Gasteiger charge is -2.22. The Bertz CT molecular complexity index is 1070. The first-order chi connectivity index (χ1) is 15.1. The van der Waals surface area contributed by atoms with Crippen molar-refractivity contribution in [1.82, 2.24) is 20.2 Å². The molecule has 1 aromatic carbocycles. The summed E-state index contributed by atoms with van der Waals surface area (Å²) in [6.45, 7) is 6.66. The molecule has 1 aliphatic heterocycles. The summed E-state index contributed by atoms with van der Waals surface area (Å²) in [6, 6.07) is 7.15. The summed E-state index contributed by atoms with van der Waals surface area (Å²) in [5.41, 5.74) is 5.68. The minimum absolute atomic E-state index is 0.0415. The number of amides is 3. The number of amidine groups is 1. The second kappa shape index (κ2) is 8.92. The van der Waals surface area contributed by atoms with E-state index in [4.69, 9.17) is 10.5 Å². The molecule has 2 heterocycles. The highest BCUT2D eigenvalue weighted by Crippen LogP contribution is 2.25. The first kappa shape index (κ1) is 22.5. The van der Waals surface area contributed by atoms with E-state index in [2.05, 4.69) is 25.3 Å². The van der Waals surface area contributed by atoms with Gasteiger partial charge in [-0.25, -0.2) is 14.8 Å². The third-order valence-electron chi connectivity index (χ3n) is 4.22. The molecule has 0 saturated carbocycles. The van der Waals surface area contributed by atoms with Crippen molar-refractivity contribution in [1.29, 1.82) is 0 Å². The first-order valence-corrected chi connectivity index (χ1v) is 9.73. The van der Waals surface area contributed by atoms with E-state index in [1.54, 1.807) is 58.0 Å². The van der Waals surface area contributed by atoms with Gasteiger partial charge in [-0.05, 0) is 45.9 Å². The number of nitrogens with zero attached hydrogens (tertiary/aromatic N) is 5. The third-order valence-corrected chi connectivity index (χ3v) is 4.22. The zero-order chi connectivity index (χ0) is 23.5. The molecule has 0 aliphatic carbocycles. The van der Waals surface area contributed by atoms with Gasteiger partial charge in [-0.3, -0.25) is 19.8 Å². The molecule has 1 unspecified atom stereocenters. The monoisotopic (exact) mass is 437 g/mol. The van der Waals surface area contributed by atoms with E-state index in [9.17, 15) is 14.4 Å². The van der Waals surface area contributed by atoms with Crippen molar-refractivity contribution in [2.75, 3.05) is 0 Å². The molecule has 3 rings (SSSR count). The van der Waals surface area contributed by atoms with Gasteiger partial charge in [-0.15, -0.1) is 0 Å². The highest BCUT2D eigenvalue weighted by Gasteiger charge is 2.40. The summed E-state index contributed by atoms with van der Waals surface area (Å²) in [7, 11) is 0. The number of carbonyl (C=O) groups excluding carboxylic acids is 3. The highest BCUT2D eigenvalue weighted by atomic mass is 16.6. The van der Waals surface area contributed by atoms with E-state index in [0.29, 0.717) is 0 Å². The average molecular weight is 437 g/mol. The van der Waals surface area contributed by atoms with Crippen molar-refractivity contribution in [3.63, 3.8) is 0 Å². The first-order valence-electron chi connectivity index (χ1n) is 9.73. The van der Waals surface area contributed by atoms with E-state index < -0.39 is 29.6 Å². The average Bonchev–Trinajstić information content (AvgIpc) is 2.97. The molecule has 166 valence electrons. The van der Waals surface area contributed by atoms with Gasteiger partial charge in [-0.2, -0.15) is 9.98 Å². The Kier molecular flexibility index (Phi) is 6.28. The van der Waals surface area contributed by atoms with E-state index >= 15 is 0 Å². The van der Waals surface area contributed by atoms with Crippen molar-refractivity contribution in [3.8, 4) is 0 Å². The summed E-state index contributed by atoms with van der Waals surface area (Å²) >= 11 is 0. The number of rotatable bonds is 3. The van der Waals surface area contributed by atoms with E-state index in [1.807, 2.05) is 0 Å². The summed E-state index contributed by atoms with van der Waals surface area (Å²) in [4.78, 5) is 55.2. The number of carbonyl (C=O) groups is 3. The molecule has 0 radical (unpaired) electrons. The molecular weight excluding hydrogens is 414 g/mol. The predicted octanol–water partition coefficient (Wildman–Crippen LogP) is 2.03. The van der Waals surface area contributed by atoms with Crippen LogP contribution in [-0.2, 0) is 4.74 Å². The normalized spacial score (nSPS) is 15.4. The molecule has 0 spiro atoms. The van der Waals surface area contributed by atoms with Crippen LogP contribution < -0.4 is 11.1 Å². The standard InChI is InChI=1S/C21H23N7O4/c1-12(28-16(29)13-8-5-6-9-14(13)17(28)30)15(26-19-23-10-7-11-24-19)25-18(22)27-20(31)32-21(2,3)4/h5-12H,1-4H3,(H3,22,23,24,25,26,27,31). The lowest BCUT2D eigenvalue weighted by atomic mass is 10.1. The predicted molar refractivity (Wildman–Crippen MR) is 117 cm³/mol. The number of aliphatic imine (C=N–C) groups is 2. The quantitative estimate of drug-likeness (QED) is 0.423. The van der Waals surface area contributed by atoms with Crippen molar-refractivity contribution >= 4 is 35.7 Å². The summed E-state index contributed by atoms with van der Waals surface area (Å²) in [6.07, 6.45) is 2.13. The molecule has 3 amide bonds. The molecule has 32 heavy (non-hydrogen) atoms. The molecular formula is C21H23N7O4. The van der Waals surface area contributed by atoms with Gasteiger partial charge in [0.05, 0.1) is 17.2 Å². The molecule has 1 aromatic heterocycles. The van der Waals surface area contributed by atoms with Crippen LogP contribution in [0.15, 0.2) is 52.7 Å². The fourth-order valence-electron chi connectivity index (χ4n) is 2.90. The molecule has 0 fully saturated rings. The van der Waals surface area contributed by atoms with Crippen LogP contribution in [0, 0.1) is 0 Å². The van der Waals surface area contributed by atoms with Crippen LogP contribution in [0.4, 0.5) is 10.7 Å². The number of alkyl carbamates (subject to hydrolysis) is 1. The van der Waals surface area contributed by atoms with Crippen molar-refractivity contribution in [2.24, 2.45) is 15.7 Å². The van der Waals surface area contributed by atoms with Crippen molar-refractivity contribution < 1.29 is 19.1 Å². The Morgan fingerprint density at radius 2 is 1.66 bits per heavy atom. The van der Waals surface area contributed by atoms with Crippen LogP contribution in [0.25, 0.3) is 0 Å². The van der Waals surface area contributed by atoms with Crippen LogP contribution in [0.5, 0.6) is 0 Å². The summed E-state index contributed by atoms with van der Waals surface area (Å²) in [5, 5.41) is 2.29.